The van der Waals surface area contributed by atoms with Crippen LogP contribution in [0.25, 0.3) is 0 Å². The molecule has 0 aliphatic heterocycles. The molecule has 0 N–H and O–H groups in total. The fourth-order valence-corrected chi connectivity index (χ4v) is 2.52. The molecule has 0 aromatic rings. The second-order valence-electron chi connectivity index (χ2n) is 2.40. The first-order valence-electron chi connectivity index (χ1n) is 3.59. The zero-order chi connectivity index (χ0) is 10.5. The zero-order valence-corrected chi connectivity index (χ0v) is 11.9. The van der Waals surface area contributed by atoms with Gasteiger partial charge in [-0.2, -0.15) is 0 Å². The molecule has 0 fully saturated rings. The van der Waals surface area contributed by atoms with Gasteiger partial charge in [-0.1, -0.05) is 37.4 Å². The Morgan fingerprint density at radius 2 is 2.00 bits per heavy atom. The summed E-state index contributed by atoms with van der Waals surface area (Å²) in [5.41, 5.74) is 0.920. The van der Waals surface area contributed by atoms with E-state index in [0.29, 0.717) is 0 Å². The molecule has 0 rings (SSSR count). The van der Waals surface area contributed by atoms with Crippen molar-refractivity contribution in [3.8, 4) is 0 Å². The van der Waals surface area contributed by atoms with E-state index in [4.69, 9.17) is 9.05 Å². The van der Waals surface area contributed by atoms with Crippen molar-refractivity contribution >= 4 is 39.5 Å². The van der Waals surface area contributed by atoms with Gasteiger partial charge in [-0.05, 0) is 6.92 Å². The predicted octanol–water partition coefficient (Wildman–Crippen LogP) is 3.53. The monoisotopic (exact) mass is 334 g/mol. The second kappa shape index (κ2) is 6.36. The molecule has 6 heteroatoms. The van der Waals surface area contributed by atoms with Crippen molar-refractivity contribution < 1.29 is 13.6 Å². The number of hydrogen-bond acceptors (Lipinski definition) is 3. The van der Waals surface area contributed by atoms with Crippen molar-refractivity contribution in [1.29, 1.82) is 0 Å². The van der Waals surface area contributed by atoms with Gasteiger partial charge in [-0.15, -0.1) is 0 Å². The number of halogens is 2. The summed E-state index contributed by atoms with van der Waals surface area (Å²) in [5.74, 6) is 1.52. The summed E-state index contributed by atoms with van der Waals surface area (Å²) in [4.78, 5) is 0.145. The highest BCUT2D eigenvalue weighted by Crippen LogP contribution is 2.49. The van der Waals surface area contributed by atoms with Gasteiger partial charge in [-0.3, -0.25) is 4.57 Å². The standard InChI is InChI=1S/C7H13Br2O3P/c1-6(7(9)4-8)5-13(10,11-2)12-3/h5,7H,4H2,1-3H3/b6-5+. The second-order valence-corrected chi connectivity index (χ2v) is 6.22. The Hall–Kier alpha value is 0.850. The van der Waals surface area contributed by atoms with E-state index in [1.165, 1.54) is 20.0 Å². The maximum Gasteiger partial charge on any atom is 0.353 e. The Morgan fingerprint density at radius 3 is 2.31 bits per heavy atom. The summed E-state index contributed by atoms with van der Waals surface area (Å²) < 4.78 is 21.2. The van der Waals surface area contributed by atoms with Crippen molar-refractivity contribution in [2.45, 2.75) is 11.8 Å². The average molecular weight is 336 g/mol. The Bertz CT molecular complexity index is 222. The molecule has 0 spiro atoms. The molecular formula is C7H13Br2O3P. The Morgan fingerprint density at radius 1 is 1.54 bits per heavy atom. The van der Waals surface area contributed by atoms with Crippen LogP contribution in [0.4, 0.5) is 0 Å². The van der Waals surface area contributed by atoms with Crippen LogP contribution in [0.1, 0.15) is 6.92 Å². The lowest BCUT2D eigenvalue weighted by Crippen LogP contribution is -2.01. The number of allylic oxidation sites excluding steroid dienone is 1. The fourth-order valence-electron chi connectivity index (χ4n) is 0.632. The minimum absolute atomic E-state index is 0.145. The lowest BCUT2D eigenvalue weighted by Gasteiger charge is -2.12. The van der Waals surface area contributed by atoms with Gasteiger partial charge in [0.15, 0.2) is 0 Å². The highest BCUT2D eigenvalue weighted by Gasteiger charge is 2.19. The van der Waals surface area contributed by atoms with Crippen LogP contribution >= 0.6 is 39.5 Å². The van der Waals surface area contributed by atoms with Crippen LogP contribution < -0.4 is 0 Å². The van der Waals surface area contributed by atoms with E-state index in [1.807, 2.05) is 6.92 Å². The summed E-state index contributed by atoms with van der Waals surface area (Å²) >= 11 is 6.71. The molecule has 0 saturated carbocycles. The van der Waals surface area contributed by atoms with Gasteiger partial charge < -0.3 is 9.05 Å². The van der Waals surface area contributed by atoms with Gasteiger partial charge >= 0.3 is 7.60 Å². The highest BCUT2D eigenvalue weighted by molar-refractivity contribution is 9.12. The smallest absolute Gasteiger partial charge is 0.309 e. The first kappa shape index (κ1) is 13.8. The molecule has 13 heavy (non-hydrogen) atoms. The summed E-state index contributed by atoms with van der Waals surface area (Å²) in [6.07, 6.45) is 0. The number of hydrogen-bond donors (Lipinski definition) is 0. The van der Waals surface area contributed by atoms with Gasteiger partial charge in [0.05, 0.1) is 0 Å². The third-order valence-electron chi connectivity index (χ3n) is 1.50. The minimum Gasteiger partial charge on any atom is -0.309 e. The van der Waals surface area contributed by atoms with E-state index in [9.17, 15) is 4.57 Å². The van der Waals surface area contributed by atoms with Crippen LogP contribution in [0.5, 0.6) is 0 Å². The molecule has 0 amide bonds. The lowest BCUT2D eigenvalue weighted by atomic mass is 10.3. The first-order chi connectivity index (χ1) is 5.99. The van der Waals surface area contributed by atoms with Gasteiger partial charge in [0, 0.05) is 30.2 Å². The van der Waals surface area contributed by atoms with Crippen molar-refractivity contribution in [1.82, 2.24) is 0 Å². The molecule has 1 atom stereocenters. The minimum atomic E-state index is -3.02. The maximum atomic E-state index is 11.6. The number of rotatable bonds is 5. The normalized spacial score (nSPS) is 15.9. The summed E-state index contributed by atoms with van der Waals surface area (Å²) in [6.45, 7) is 1.87. The van der Waals surface area contributed by atoms with Crippen molar-refractivity contribution in [2.24, 2.45) is 0 Å². The molecule has 3 nitrogen and oxygen atoms in total. The van der Waals surface area contributed by atoms with Crippen LogP contribution in [0, 0.1) is 0 Å². The Kier molecular flexibility index (Phi) is 6.77. The van der Waals surface area contributed by atoms with E-state index < -0.39 is 7.60 Å². The van der Waals surface area contributed by atoms with E-state index in [0.717, 1.165) is 10.9 Å². The zero-order valence-electron chi connectivity index (χ0n) is 7.79. The van der Waals surface area contributed by atoms with Gasteiger partial charge in [-0.25, -0.2) is 0 Å². The van der Waals surface area contributed by atoms with E-state index in [1.54, 1.807) is 0 Å². The van der Waals surface area contributed by atoms with Crippen LogP contribution in [-0.2, 0) is 13.6 Å². The van der Waals surface area contributed by atoms with E-state index in [-0.39, 0.29) is 4.83 Å². The SMILES string of the molecule is COP(=O)(/C=C(\C)C(Br)CBr)OC. The van der Waals surface area contributed by atoms with Gasteiger partial charge in [0.2, 0.25) is 0 Å². The van der Waals surface area contributed by atoms with Crippen LogP contribution in [0.3, 0.4) is 0 Å². The molecule has 0 aromatic carbocycles. The lowest BCUT2D eigenvalue weighted by molar-refractivity contribution is 0.286. The molecule has 0 radical (unpaired) electrons. The molecular weight excluding hydrogens is 323 g/mol. The predicted molar refractivity (Wildman–Crippen MR) is 61.9 cm³/mol. The summed E-state index contributed by atoms with van der Waals surface area (Å²) in [7, 11) is -0.284. The van der Waals surface area contributed by atoms with E-state index >= 15 is 0 Å². The largest absolute Gasteiger partial charge is 0.353 e. The van der Waals surface area contributed by atoms with Crippen molar-refractivity contribution in [2.75, 3.05) is 19.5 Å². The highest BCUT2D eigenvalue weighted by atomic mass is 79.9. The van der Waals surface area contributed by atoms with Crippen molar-refractivity contribution in [3.05, 3.63) is 11.4 Å². The molecule has 0 saturated heterocycles. The quantitative estimate of drug-likeness (QED) is 0.569. The summed E-state index contributed by atoms with van der Waals surface area (Å²) in [5, 5.41) is 0.753. The van der Waals surface area contributed by atoms with Gasteiger partial charge in [0.1, 0.15) is 0 Å². The topological polar surface area (TPSA) is 35.5 Å². The van der Waals surface area contributed by atoms with Crippen LogP contribution in [-0.4, -0.2) is 24.4 Å². The molecule has 0 bridgehead atoms. The third kappa shape index (κ3) is 4.75. The van der Waals surface area contributed by atoms with Gasteiger partial charge in [0.25, 0.3) is 0 Å². The molecule has 78 valence electrons. The third-order valence-corrected chi connectivity index (χ3v) is 5.80. The number of alkyl halides is 2. The first-order valence-corrected chi connectivity index (χ1v) is 7.24. The van der Waals surface area contributed by atoms with E-state index in [2.05, 4.69) is 31.9 Å². The Labute approximate surface area is 95.7 Å². The summed E-state index contributed by atoms with van der Waals surface area (Å²) in [6, 6.07) is 0. The molecule has 0 aliphatic rings. The molecule has 0 heterocycles. The fraction of sp³-hybridized carbons (Fsp3) is 0.714. The molecule has 1 unspecified atom stereocenters. The average Bonchev–Trinajstić information content (AvgIpc) is 2.16. The van der Waals surface area contributed by atoms with Crippen LogP contribution in [0.2, 0.25) is 0 Å². The van der Waals surface area contributed by atoms with Crippen molar-refractivity contribution in [3.63, 3.8) is 0 Å². The van der Waals surface area contributed by atoms with Crippen LogP contribution in [0.15, 0.2) is 11.4 Å². The maximum absolute atomic E-state index is 11.6. The molecule has 0 aromatic heterocycles. The molecule has 0 aliphatic carbocycles. The Balaban J connectivity index is 4.61.